The minimum Gasteiger partial charge on any atom is -0.494 e. The molecule has 33 heavy (non-hydrogen) atoms. The Kier molecular flexibility index (Phi) is 5.93. The zero-order valence-electron chi connectivity index (χ0n) is 18.6. The van der Waals surface area contributed by atoms with Gasteiger partial charge in [0.15, 0.2) is 23.6 Å². The maximum Gasteiger partial charge on any atom is 0.231 e. The summed E-state index contributed by atoms with van der Waals surface area (Å²) in [5, 5.41) is 22.4. The third-order valence-electron chi connectivity index (χ3n) is 6.00. The number of fused-ring (bicyclic) bond motifs is 2. The van der Waals surface area contributed by atoms with E-state index in [1.807, 2.05) is 31.2 Å². The Morgan fingerprint density at radius 1 is 1.15 bits per heavy atom. The molecule has 0 unspecified atom stereocenters. The van der Waals surface area contributed by atoms with Crippen LogP contribution >= 0.6 is 11.6 Å². The summed E-state index contributed by atoms with van der Waals surface area (Å²) in [5.41, 5.74) is 2.19. The molecule has 0 aliphatic carbocycles. The zero-order chi connectivity index (χ0) is 23.3. The summed E-state index contributed by atoms with van der Waals surface area (Å²) >= 11 is 6.63. The smallest absolute Gasteiger partial charge is 0.231 e. The molecule has 8 nitrogen and oxygen atoms in total. The fourth-order valence-corrected chi connectivity index (χ4v) is 4.77. The molecule has 0 radical (unpaired) electrons. The molecule has 0 saturated carbocycles. The number of hydrogen-bond acceptors (Lipinski definition) is 8. The summed E-state index contributed by atoms with van der Waals surface area (Å²) in [4.78, 5) is 0. The Morgan fingerprint density at radius 2 is 1.88 bits per heavy atom. The second-order valence-electron chi connectivity index (χ2n) is 8.76. The summed E-state index contributed by atoms with van der Waals surface area (Å²) in [6, 6.07) is 9.50. The first-order valence-corrected chi connectivity index (χ1v) is 11.3. The lowest BCUT2D eigenvalue weighted by molar-refractivity contribution is -0.226. The van der Waals surface area contributed by atoms with Gasteiger partial charge in [0.05, 0.1) is 11.6 Å². The Bertz CT molecular complexity index is 1020. The first-order valence-electron chi connectivity index (χ1n) is 11.0. The van der Waals surface area contributed by atoms with Crippen LogP contribution in [-0.2, 0) is 20.6 Å². The average molecular weight is 479 g/mol. The third kappa shape index (κ3) is 4.16. The molecule has 3 aliphatic heterocycles. The molecular formula is C24H27ClO8. The van der Waals surface area contributed by atoms with Crippen LogP contribution in [-0.4, -0.2) is 54.0 Å². The number of ether oxygens (including phenoxy) is 6. The van der Waals surface area contributed by atoms with Crippen molar-refractivity contribution in [3.8, 4) is 17.2 Å². The summed E-state index contributed by atoms with van der Waals surface area (Å²) in [7, 11) is 0. The highest BCUT2D eigenvalue weighted by Crippen LogP contribution is 2.49. The van der Waals surface area contributed by atoms with Crippen molar-refractivity contribution < 1.29 is 38.6 Å². The highest BCUT2D eigenvalue weighted by atomic mass is 35.5. The van der Waals surface area contributed by atoms with Crippen molar-refractivity contribution in [3.05, 3.63) is 52.0 Å². The van der Waals surface area contributed by atoms with Gasteiger partial charge in [-0.3, -0.25) is 0 Å². The molecule has 2 fully saturated rings. The van der Waals surface area contributed by atoms with E-state index in [0.717, 1.165) is 16.9 Å². The number of hydrogen-bond donors (Lipinski definition) is 2. The standard InChI is InChI=1S/C24H27ClO8/c1-4-28-14-7-5-12(6-8-14)9-13-10-15(19-20(16(13)25)30-11-29-19)17(26)21-18(27)22-23(31-21)33-24(2,3)32-22/h5-8,10,17-18,21-23,26-27H,4,9,11H2,1-3H3/t17-,18+,21-,22-,23-/m0/s1. The Morgan fingerprint density at radius 3 is 2.58 bits per heavy atom. The monoisotopic (exact) mass is 478 g/mol. The maximum atomic E-state index is 11.2. The molecule has 0 aromatic heterocycles. The van der Waals surface area contributed by atoms with Gasteiger partial charge in [0.1, 0.15) is 30.2 Å². The normalized spacial score (nSPS) is 28.1. The van der Waals surface area contributed by atoms with Crippen LogP contribution in [0.4, 0.5) is 0 Å². The highest BCUT2D eigenvalue weighted by Gasteiger charge is 2.56. The fourth-order valence-electron chi connectivity index (χ4n) is 4.51. The van der Waals surface area contributed by atoms with Gasteiger partial charge in [0, 0.05) is 5.56 Å². The van der Waals surface area contributed by atoms with E-state index in [2.05, 4.69) is 0 Å². The van der Waals surface area contributed by atoms with Crippen molar-refractivity contribution in [3.63, 3.8) is 0 Å². The lowest BCUT2D eigenvalue weighted by Gasteiger charge is -2.27. The van der Waals surface area contributed by atoms with Crippen LogP contribution in [0.3, 0.4) is 0 Å². The summed E-state index contributed by atoms with van der Waals surface area (Å²) in [6.07, 6.45) is -4.23. The second-order valence-corrected chi connectivity index (χ2v) is 9.14. The topological polar surface area (TPSA) is 95.8 Å². The minimum absolute atomic E-state index is 0.0129. The van der Waals surface area contributed by atoms with Gasteiger partial charge in [-0.05, 0) is 56.5 Å². The van der Waals surface area contributed by atoms with E-state index in [9.17, 15) is 10.2 Å². The molecule has 0 spiro atoms. The Balaban J connectivity index is 1.43. The van der Waals surface area contributed by atoms with Gasteiger partial charge < -0.3 is 38.6 Å². The number of benzene rings is 2. The van der Waals surface area contributed by atoms with Crippen LogP contribution in [0.5, 0.6) is 17.2 Å². The summed E-state index contributed by atoms with van der Waals surface area (Å²) in [6.45, 7) is 6.01. The van der Waals surface area contributed by atoms with Crippen molar-refractivity contribution in [1.82, 2.24) is 0 Å². The van der Waals surface area contributed by atoms with E-state index < -0.39 is 36.5 Å². The lowest BCUT2D eigenvalue weighted by atomic mass is 9.94. The number of aliphatic hydroxyl groups is 2. The number of halogens is 1. The van der Waals surface area contributed by atoms with Crippen LogP contribution < -0.4 is 14.2 Å². The van der Waals surface area contributed by atoms with Gasteiger partial charge in [-0.15, -0.1) is 0 Å². The molecule has 2 N–H and O–H groups in total. The van der Waals surface area contributed by atoms with E-state index in [4.69, 9.17) is 40.0 Å². The van der Waals surface area contributed by atoms with Crippen LogP contribution in [0.2, 0.25) is 5.02 Å². The molecule has 2 saturated heterocycles. The van der Waals surface area contributed by atoms with Gasteiger partial charge in [-0.2, -0.15) is 0 Å². The first-order chi connectivity index (χ1) is 15.8. The van der Waals surface area contributed by atoms with E-state index in [0.29, 0.717) is 35.1 Å². The van der Waals surface area contributed by atoms with Gasteiger partial charge in [-0.25, -0.2) is 0 Å². The largest absolute Gasteiger partial charge is 0.494 e. The number of rotatable bonds is 6. The molecule has 0 bridgehead atoms. The van der Waals surface area contributed by atoms with Crippen molar-refractivity contribution in [2.75, 3.05) is 13.4 Å². The minimum atomic E-state index is -1.22. The van der Waals surface area contributed by atoms with Gasteiger partial charge in [0.2, 0.25) is 6.79 Å². The lowest BCUT2D eigenvalue weighted by Crippen LogP contribution is -2.37. The predicted molar refractivity (Wildman–Crippen MR) is 118 cm³/mol. The van der Waals surface area contributed by atoms with E-state index >= 15 is 0 Å². The molecule has 0 amide bonds. The van der Waals surface area contributed by atoms with Crippen molar-refractivity contribution in [1.29, 1.82) is 0 Å². The summed E-state index contributed by atoms with van der Waals surface area (Å²) < 4.78 is 34.0. The Hall–Kier alpha value is -2.07. The fraction of sp³-hybridized carbons (Fsp3) is 0.500. The highest BCUT2D eigenvalue weighted by molar-refractivity contribution is 6.33. The molecule has 2 aromatic carbocycles. The van der Waals surface area contributed by atoms with Gasteiger partial charge in [0.25, 0.3) is 0 Å². The molecule has 2 aromatic rings. The molecule has 5 atom stereocenters. The van der Waals surface area contributed by atoms with Crippen LogP contribution in [0.15, 0.2) is 30.3 Å². The number of aliphatic hydroxyl groups excluding tert-OH is 2. The molecule has 3 heterocycles. The first kappa shape index (κ1) is 22.7. The molecule has 3 aliphatic rings. The predicted octanol–water partition coefficient (Wildman–Crippen LogP) is 3.33. The quantitative estimate of drug-likeness (QED) is 0.652. The van der Waals surface area contributed by atoms with E-state index in [-0.39, 0.29) is 6.79 Å². The zero-order valence-corrected chi connectivity index (χ0v) is 19.4. The molecular weight excluding hydrogens is 452 g/mol. The van der Waals surface area contributed by atoms with E-state index in [1.54, 1.807) is 19.9 Å². The van der Waals surface area contributed by atoms with Gasteiger partial charge in [-0.1, -0.05) is 23.7 Å². The molecule has 178 valence electrons. The van der Waals surface area contributed by atoms with Crippen molar-refractivity contribution in [2.24, 2.45) is 0 Å². The van der Waals surface area contributed by atoms with Crippen LogP contribution in [0.25, 0.3) is 0 Å². The molecule has 5 rings (SSSR count). The van der Waals surface area contributed by atoms with E-state index in [1.165, 1.54) is 0 Å². The average Bonchev–Trinajstić information content (AvgIpc) is 3.46. The maximum absolute atomic E-state index is 11.2. The summed E-state index contributed by atoms with van der Waals surface area (Å²) in [5.74, 6) is 0.642. The van der Waals surface area contributed by atoms with Crippen LogP contribution in [0.1, 0.15) is 43.6 Å². The second kappa shape index (κ2) is 8.61. The SMILES string of the molecule is CCOc1ccc(Cc2cc([C@H](O)[C@@H]3O[C@H]4OC(C)(C)O[C@H]4[C@@H]3O)c3c(c2Cl)OCO3)cc1. The molecule has 9 heteroatoms. The Labute approximate surface area is 196 Å². The van der Waals surface area contributed by atoms with Crippen LogP contribution in [0, 0.1) is 0 Å². The van der Waals surface area contributed by atoms with Crippen molar-refractivity contribution >= 4 is 11.6 Å². The van der Waals surface area contributed by atoms with Crippen molar-refractivity contribution in [2.45, 2.75) is 63.7 Å². The third-order valence-corrected chi connectivity index (χ3v) is 6.41. The van der Waals surface area contributed by atoms with Gasteiger partial charge >= 0.3 is 0 Å².